The smallest absolute Gasteiger partial charge is 0.327 e. The quantitative estimate of drug-likeness (QED) is 0.727. The lowest BCUT2D eigenvalue weighted by atomic mass is 10.1. The van der Waals surface area contributed by atoms with Crippen molar-refractivity contribution in [3.63, 3.8) is 0 Å². The highest BCUT2D eigenvalue weighted by Gasteiger charge is 2.41. The van der Waals surface area contributed by atoms with Crippen LogP contribution in [0, 0.1) is 13.8 Å². The molecule has 0 saturated carbocycles. The lowest BCUT2D eigenvalue weighted by Gasteiger charge is -2.36. The van der Waals surface area contributed by atoms with Crippen LogP contribution in [0.4, 0.5) is 22.0 Å². The van der Waals surface area contributed by atoms with E-state index in [4.69, 9.17) is 9.97 Å². The van der Waals surface area contributed by atoms with Gasteiger partial charge in [0.25, 0.3) is 0 Å². The molecule has 1 fully saturated rings. The van der Waals surface area contributed by atoms with Crippen molar-refractivity contribution in [3.8, 4) is 11.4 Å². The molecule has 2 bridgehead atoms. The lowest BCUT2D eigenvalue weighted by molar-refractivity contribution is 0.255. The van der Waals surface area contributed by atoms with Gasteiger partial charge in [-0.15, -0.1) is 0 Å². The highest BCUT2D eigenvalue weighted by molar-refractivity contribution is 6.04. The molecule has 2 amide bonds. The van der Waals surface area contributed by atoms with E-state index in [1.807, 2.05) is 32.0 Å². The van der Waals surface area contributed by atoms with E-state index in [1.165, 1.54) is 0 Å². The third-order valence-electron chi connectivity index (χ3n) is 5.41. The summed E-state index contributed by atoms with van der Waals surface area (Å²) in [6.07, 6.45) is 5.99. The van der Waals surface area contributed by atoms with Gasteiger partial charge in [0.15, 0.2) is 11.6 Å². The second-order valence-corrected chi connectivity index (χ2v) is 7.42. The summed E-state index contributed by atoms with van der Waals surface area (Å²) in [6, 6.07) is 7.40. The second-order valence-electron chi connectivity index (χ2n) is 7.42. The average Bonchev–Trinajstić information content (AvgIpc) is 3.12. The average molecular weight is 387 g/mol. The van der Waals surface area contributed by atoms with Crippen LogP contribution in [-0.4, -0.2) is 45.1 Å². The molecular formula is C21H21N7O. The van der Waals surface area contributed by atoms with Crippen molar-refractivity contribution >= 4 is 23.2 Å². The fraction of sp³-hybridized carbons (Fsp3) is 0.286. The summed E-state index contributed by atoms with van der Waals surface area (Å²) in [5, 5.41) is 2.95. The zero-order chi connectivity index (χ0) is 20.0. The van der Waals surface area contributed by atoms with E-state index in [1.54, 1.807) is 29.6 Å². The Balaban J connectivity index is 1.58. The van der Waals surface area contributed by atoms with Crippen molar-refractivity contribution in [1.82, 2.24) is 19.9 Å². The van der Waals surface area contributed by atoms with Crippen molar-refractivity contribution < 1.29 is 4.79 Å². The summed E-state index contributed by atoms with van der Waals surface area (Å²) in [6.45, 7) is 5.60. The van der Waals surface area contributed by atoms with Gasteiger partial charge in [0.05, 0.1) is 23.6 Å². The molecule has 2 aliphatic rings. The summed E-state index contributed by atoms with van der Waals surface area (Å²) >= 11 is 0. The molecule has 3 aromatic rings. The van der Waals surface area contributed by atoms with Crippen molar-refractivity contribution in [3.05, 3.63) is 54.2 Å². The number of carbonyl (C=O) groups excluding carboxylic acids is 1. The van der Waals surface area contributed by atoms with E-state index in [9.17, 15) is 4.79 Å². The van der Waals surface area contributed by atoms with E-state index in [0.29, 0.717) is 17.3 Å². The molecule has 1 N–H and O–H groups in total. The number of fused-ring (bicyclic) bond motifs is 4. The number of anilines is 3. The Bertz CT molecular complexity index is 1070. The van der Waals surface area contributed by atoms with E-state index in [-0.39, 0.29) is 12.1 Å². The van der Waals surface area contributed by atoms with Crippen molar-refractivity contribution in [2.24, 2.45) is 0 Å². The first-order valence-electron chi connectivity index (χ1n) is 9.67. The number of aromatic nitrogens is 4. The maximum Gasteiger partial charge on any atom is 0.327 e. The van der Waals surface area contributed by atoms with Crippen LogP contribution in [0.5, 0.6) is 0 Å². The molecule has 5 heterocycles. The Labute approximate surface area is 168 Å². The highest BCUT2D eigenvalue weighted by Crippen LogP contribution is 2.41. The van der Waals surface area contributed by atoms with Crippen LogP contribution < -0.4 is 15.1 Å². The van der Waals surface area contributed by atoms with Gasteiger partial charge in [-0.25, -0.2) is 14.8 Å². The molecule has 0 spiro atoms. The van der Waals surface area contributed by atoms with Gasteiger partial charge in [0.1, 0.15) is 5.69 Å². The molecule has 1 saturated heterocycles. The maximum absolute atomic E-state index is 13.2. The zero-order valence-electron chi connectivity index (χ0n) is 16.3. The number of urea groups is 1. The number of hydrogen-bond donors (Lipinski definition) is 1. The Morgan fingerprint density at radius 3 is 2.83 bits per heavy atom. The molecule has 0 radical (unpaired) electrons. The number of aryl methyl sites for hydroxylation is 2. The summed E-state index contributed by atoms with van der Waals surface area (Å²) in [7, 11) is 0. The van der Waals surface area contributed by atoms with E-state index in [2.05, 4.69) is 20.2 Å². The predicted molar refractivity (Wildman–Crippen MR) is 111 cm³/mol. The first kappa shape index (κ1) is 17.5. The first-order valence-corrected chi connectivity index (χ1v) is 9.67. The largest absolute Gasteiger partial charge is 0.365 e. The van der Waals surface area contributed by atoms with Gasteiger partial charge >= 0.3 is 6.03 Å². The fourth-order valence-electron chi connectivity index (χ4n) is 4.03. The number of nitrogens with one attached hydrogen (secondary N) is 1. The molecule has 0 aliphatic carbocycles. The van der Waals surface area contributed by atoms with Crippen LogP contribution in [0.2, 0.25) is 0 Å². The van der Waals surface area contributed by atoms with Gasteiger partial charge in [-0.05, 0) is 44.5 Å². The molecule has 8 heteroatoms. The van der Waals surface area contributed by atoms with Gasteiger partial charge in [-0.3, -0.25) is 14.9 Å². The van der Waals surface area contributed by atoms with E-state index >= 15 is 0 Å². The van der Waals surface area contributed by atoms with Crippen molar-refractivity contribution in [2.45, 2.75) is 26.3 Å². The Morgan fingerprint density at radius 1 is 1.17 bits per heavy atom. The maximum atomic E-state index is 13.2. The van der Waals surface area contributed by atoms with Crippen LogP contribution >= 0.6 is 0 Å². The SMILES string of the molecule is Cc1ccc(-c2nc(C)c3c(n2)N(C(=O)Nc2cccnc2)[C@H]2CCN3C2)cn1. The molecule has 5 rings (SSSR count). The van der Waals surface area contributed by atoms with Crippen molar-refractivity contribution in [1.29, 1.82) is 0 Å². The summed E-state index contributed by atoms with van der Waals surface area (Å²) in [5.41, 5.74) is 4.23. The Kier molecular flexibility index (Phi) is 4.12. The molecule has 1 atom stereocenters. The molecule has 8 nitrogen and oxygen atoms in total. The van der Waals surface area contributed by atoms with Crippen LogP contribution in [0.25, 0.3) is 11.4 Å². The van der Waals surface area contributed by atoms with E-state index in [0.717, 1.165) is 42.1 Å². The number of amides is 2. The third-order valence-corrected chi connectivity index (χ3v) is 5.41. The Morgan fingerprint density at radius 2 is 2.07 bits per heavy atom. The van der Waals surface area contributed by atoms with Gasteiger partial charge in [0, 0.05) is 36.7 Å². The number of pyridine rings is 2. The minimum Gasteiger partial charge on any atom is -0.365 e. The highest BCUT2D eigenvalue weighted by atomic mass is 16.2. The first-order chi connectivity index (χ1) is 14.1. The normalized spacial score (nSPS) is 17.2. The molecule has 3 aromatic heterocycles. The minimum absolute atomic E-state index is 0.0810. The summed E-state index contributed by atoms with van der Waals surface area (Å²) < 4.78 is 0. The summed E-state index contributed by atoms with van der Waals surface area (Å²) in [4.78, 5) is 35.2. The third kappa shape index (κ3) is 3.06. The molecular weight excluding hydrogens is 366 g/mol. The van der Waals surface area contributed by atoms with Gasteiger partial charge < -0.3 is 10.2 Å². The number of carbonyl (C=O) groups is 1. The van der Waals surface area contributed by atoms with Crippen molar-refractivity contribution in [2.75, 3.05) is 28.2 Å². The van der Waals surface area contributed by atoms with Crippen LogP contribution in [0.15, 0.2) is 42.9 Å². The number of rotatable bonds is 2. The molecule has 0 aromatic carbocycles. The van der Waals surface area contributed by atoms with Gasteiger partial charge in [0.2, 0.25) is 0 Å². The van der Waals surface area contributed by atoms with Gasteiger partial charge in [-0.1, -0.05) is 0 Å². The Hall–Kier alpha value is -3.55. The number of nitrogens with zero attached hydrogens (tertiary/aromatic N) is 6. The minimum atomic E-state index is -0.197. The molecule has 146 valence electrons. The summed E-state index contributed by atoms with van der Waals surface area (Å²) in [5.74, 6) is 1.23. The standard InChI is InChI=1S/C21H21N7O/c1-13-5-6-15(10-23-13)19-24-14(2)18-20(26-19)28(17-7-9-27(18)12-17)21(29)25-16-4-3-8-22-11-16/h3-6,8,10-11,17H,7,9,12H2,1-2H3,(H,25,29)/t17-/m0/s1. The van der Waals surface area contributed by atoms with E-state index < -0.39 is 0 Å². The fourth-order valence-corrected chi connectivity index (χ4v) is 4.03. The van der Waals surface area contributed by atoms with Crippen LogP contribution in [-0.2, 0) is 0 Å². The molecule has 0 unspecified atom stereocenters. The van der Waals surface area contributed by atoms with Crippen LogP contribution in [0.3, 0.4) is 0 Å². The predicted octanol–water partition coefficient (Wildman–Crippen LogP) is 3.18. The monoisotopic (exact) mass is 387 g/mol. The topological polar surface area (TPSA) is 87.1 Å². The van der Waals surface area contributed by atoms with Crippen LogP contribution in [0.1, 0.15) is 17.8 Å². The zero-order valence-corrected chi connectivity index (χ0v) is 16.3. The number of hydrogen-bond acceptors (Lipinski definition) is 6. The molecule has 2 aliphatic heterocycles. The lowest BCUT2D eigenvalue weighted by Crippen LogP contribution is -2.48. The second kappa shape index (κ2) is 6.80. The molecule has 29 heavy (non-hydrogen) atoms. The van der Waals surface area contributed by atoms with Gasteiger partial charge in [-0.2, -0.15) is 0 Å².